The van der Waals surface area contributed by atoms with Crippen LogP contribution in [0.4, 0.5) is 0 Å². The zero-order chi connectivity index (χ0) is 13.8. The van der Waals surface area contributed by atoms with Gasteiger partial charge in [0.05, 0.1) is 11.7 Å². The Hall–Kier alpha value is -1.15. The number of nitrogens with zero attached hydrogens (tertiary/aromatic N) is 3. The quantitative estimate of drug-likeness (QED) is 0.843. The predicted octanol–water partition coefficient (Wildman–Crippen LogP) is 1.26. The van der Waals surface area contributed by atoms with E-state index in [-0.39, 0.29) is 11.8 Å². The maximum Gasteiger partial charge on any atom is 0.306 e. The second-order valence-electron chi connectivity index (χ2n) is 4.37. The predicted molar refractivity (Wildman–Crippen MR) is 72.3 cm³/mol. The highest BCUT2D eigenvalue weighted by atomic mass is 32.2. The zero-order valence-electron chi connectivity index (χ0n) is 10.5. The van der Waals surface area contributed by atoms with E-state index in [9.17, 15) is 9.59 Å². The number of rotatable bonds is 4. The molecule has 1 aromatic rings. The number of piperidine rings is 1. The van der Waals surface area contributed by atoms with Crippen molar-refractivity contribution in [1.82, 2.24) is 15.1 Å². The molecule has 104 valence electrons. The van der Waals surface area contributed by atoms with Crippen LogP contribution in [0.25, 0.3) is 0 Å². The third-order valence-corrected chi connectivity index (χ3v) is 4.98. The van der Waals surface area contributed by atoms with Crippen LogP contribution < -0.4 is 0 Å². The zero-order valence-corrected chi connectivity index (χ0v) is 12.2. The van der Waals surface area contributed by atoms with E-state index in [4.69, 9.17) is 5.11 Å². The van der Waals surface area contributed by atoms with Gasteiger partial charge in [-0.2, -0.15) is 0 Å². The first-order valence-corrected chi connectivity index (χ1v) is 7.80. The number of hydrogen-bond acceptors (Lipinski definition) is 6. The van der Waals surface area contributed by atoms with Crippen molar-refractivity contribution in [2.45, 2.75) is 24.1 Å². The van der Waals surface area contributed by atoms with E-state index in [1.54, 1.807) is 4.90 Å². The van der Waals surface area contributed by atoms with Gasteiger partial charge in [-0.15, -0.1) is 10.2 Å². The van der Waals surface area contributed by atoms with Gasteiger partial charge in [0.2, 0.25) is 5.91 Å². The number of thioether (sulfide) groups is 1. The summed E-state index contributed by atoms with van der Waals surface area (Å²) in [6, 6.07) is 0. The summed E-state index contributed by atoms with van der Waals surface area (Å²) in [5, 5.41) is 17.6. The highest BCUT2D eigenvalue weighted by molar-refractivity contribution is 8.01. The first-order chi connectivity index (χ1) is 9.06. The van der Waals surface area contributed by atoms with Crippen molar-refractivity contribution in [1.29, 1.82) is 0 Å². The van der Waals surface area contributed by atoms with Gasteiger partial charge in [0.1, 0.15) is 5.01 Å². The van der Waals surface area contributed by atoms with Crippen molar-refractivity contribution in [3.8, 4) is 0 Å². The molecule has 1 N–H and O–H groups in total. The molecule has 1 aliphatic heterocycles. The van der Waals surface area contributed by atoms with Gasteiger partial charge in [-0.05, 0) is 19.8 Å². The van der Waals surface area contributed by atoms with Crippen molar-refractivity contribution < 1.29 is 14.7 Å². The second-order valence-corrected chi connectivity index (χ2v) is 6.77. The first kappa shape index (κ1) is 14.3. The molecule has 1 aromatic heterocycles. The fourth-order valence-electron chi connectivity index (χ4n) is 1.93. The minimum absolute atomic E-state index is 0.0432. The molecule has 1 fully saturated rings. The Bertz CT molecular complexity index is 470. The topological polar surface area (TPSA) is 83.4 Å². The maximum absolute atomic E-state index is 12.0. The molecule has 0 aliphatic carbocycles. The summed E-state index contributed by atoms with van der Waals surface area (Å²) in [6.07, 6.45) is 1.09. The van der Waals surface area contributed by atoms with E-state index in [0.29, 0.717) is 31.7 Å². The van der Waals surface area contributed by atoms with Crippen LogP contribution in [0.1, 0.15) is 17.8 Å². The number of carbonyl (C=O) groups excluding carboxylic acids is 1. The Balaban J connectivity index is 1.77. The summed E-state index contributed by atoms with van der Waals surface area (Å²) in [7, 11) is 0. The van der Waals surface area contributed by atoms with Crippen molar-refractivity contribution in [3.05, 3.63) is 5.01 Å². The second kappa shape index (κ2) is 6.33. The monoisotopic (exact) mass is 301 g/mol. The molecule has 2 heterocycles. The number of likely N-dealkylation sites (tertiary alicyclic amines) is 1. The number of amides is 1. The molecule has 0 saturated carbocycles. The first-order valence-electron chi connectivity index (χ1n) is 5.99. The minimum atomic E-state index is -0.759. The van der Waals surface area contributed by atoms with Crippen LogP contribution in [0.3, 0.4) is 0 Å². The van der Waals surface area contributed by atoms with Crippen molar-refractivity contribution in [2.24, 2.45) is 5.92 Å². The third kappa shape index (κ3) is 3.90. The smallest absolute Gasteiger partial charge is 0.306 e. The largest absolute Gasteiger partial charge is 0.481 e. The molecule has 0 bridgehead atoms. The van der Waals surface area contributed by atoms with Crippen LogP contribution >= 0.6 is 23.1 Å². The molecular weight excluding hydrogens is 286 g/mol. The van der Waals surface area contributed by atoms with Gasteiger partial charge in [0.15, 0.2) is 4.34 Å². The summed E-state index contributed by atoms with van der Waals surface area (Å²) in [4.78, 5) is 24.5. The molecule has 19 heavy (non-hydrogen) atoms. The summed E-state index contributed by atoms with van der Waals surface area (Å²) in [5.74, 6) is -0.679. The van der Waals surface area contributed by atoms with E-state index in [2.05, 4.69) is 10.2 Å². The van der Waals surface area contributed by atoms with Crippen LogP contribution in [0.5, 0.6) is 0 Å². The summed E-state index contributed by atoms with van der Waals surface area (Å²) >= 11 is 2.86. The number of aromatic nitrogens is 2. The molecule has 0 atom stereocenters. The molecular formula is C11H15N3O3S2. The minimum Gasteiger partial charge on any atom is -0.481 e. The van der Waals surface area contributed by atoms with Gasteiger partial charge in [-0.25, -0.2) is 0 Å². The normalized spacial score (nSPS) is 16.6. The van der Waals surface area contributed by atoms with Crippen LogP contribution in [0.2, 0.25) is 0 Å². The van der Waals surface area contributed by atoms with Gasteiger partial charge < -0.3 is 10.0 Å². The lowest BCUT2D eigenvalue weighted by Crippen LogP contribution is -2.41. The van der Waals surface area contributed by atoms with Gasteiger partial charge in [0, 0.05) is 13.1 Å². The van der Waals surface area contributed by atoms with Crippen molar-refractivity contribution in [3.63, 3.8) is 0 Å². The van der Waals surface area contributed by atoms with E-state index >= 15 is 0 Å². The Kier molecular flexibility index (Phi) is 4.76. The molecule has 6 nitrogen and oxygen atoms in total. The molecule has 2 rings (SSSR count). The summed E-state index contributed by atoms with van der Waals surface area (Å²) < 4.78 is 0.797. The number of hydrogen-bond donors (Lipinski definition) is 1. The summed E-state index contributed by atoms with van der Waals surface area (Å²) in [6.45, 7) is 2.94. The third-order valence-electron chi connectivity index (χ3n) is 3.02. The molecule has 1 aliphatic rings. The molecule has 0 unspecified atom stereocenters. The lowest BCUT2D eigenvalue weighted by Gasteiger charge is -2.29. The van der Waals surface area contributed by atoms with E-state index < -0.39 is 5.97 Å². The number of aryl methyl sites for hydroxylation is 1. The highest BCUT2D eigenvalue weighted by Crippen LogP contribution is 2.23. The van der Waals surface area contributed by atoms with Gasteiger partial charge in [0.25, 0.3) is 0 Å². The highest BCUT2D eigenvalue weighted by Gasteiger charge is 2.26. The molecule has 1 amide bonds. The Morgan fingerprint density at radius 3 is 2.63 bits per heavy atom. The molecule has 0 radical (unpaired) electrons. The van der Waals surface area contributed by atoms with E-state index in [0.717, 1.165) is 9.35 Å². The standard InChI is InChI=1S/C11H15N3O3S2/c1-7-12-13-11(19-7)18-6-9(15)14-4-2-8(3-5-14)10(16)17/h8H,2-6H2,1H3,(H,16,17). The molecule has 1 saturated heterocycles. The van der Waals surface area contributed by atoms with Crippen LogP contribution in [-0.2, 0) is 9.59 Å². The van der Waals surface area contributed by atoms with Crippen LogP contribution in [-0.4, -0.2) is 50.9 Å². The van der Waals surface area contributed by atoms with Gasteiger partial charge in [-0.1, -0.05) is 23.1 Å². The van der Waals surface area contributed by atoms with Gasteiger partial charge in [-0.3, -0.25) is 9.59 Å². The molecule has 0 aromatic carbocycles. The average Bonchev–Trinajstić information content (AvgIpc) is 2.82. The Morgan fingerprint density at radius 1 is 1.42 bits per heavy atom. The number of carboxylic acid groups (broad SMARTS) is 1. The maximum atomic E-state index is 12.0. The number of carbonyl (C=O) groups is 2. The SMILES string of the molecule is Cc1nnc(SCC(=O)N2CCC(C(=O)O)CC2)s1. The fraction of sp³-hybridized carbons (Fsp3) is 0.636. The lowest BCUT2D eigenvalue weighted by molar-refractivity contribution is -0.145. The average molecular weight is 301 g/mol. The van der Waals surface area contributed by atoms with E-state index in [1.165, 1.54) is 23.1 Å². The Labute approximate surface area is 119 Å². The van der Waals surface area contributed by atoms with Crippen molar-refractivity contribution >= 4 is 35.0 Å². The fourth-order valence-corrected chi connectivity index (χ4v) is 3.65. The summed E-state index contributed by atoms with van der Waals surface area (Å²) in [5.41, 5.74) is 0. The van der Waals surface area contributed by atoms with Crippen LogP contribution in [0, 0.1) is 12.8 Å². The number of carboxylic acids is 1. The number of aliphatic carboxylic acids is 1. The molecule has 0 spiro atoms. The van der Waals surface area contributed by atoms with Crippen LogP contribution in [0.15, 0.2) is 4.34 Å². The Morgan fingerprint density at radius 2 is 2.11 bits per heavy atom. The van der Waals surface area contributed by atoms with E-state index in [1.807, 2.05) is 6.92 Å². The van der Waals surface area contributed by atoms with Crippen molar-refractivity contribution in [2.75, 3.05) is 18.8 Å². The lowest BCUT2D eigenvalue weighted by atomic mass is 9.97. The molecule has 8 heteroatoms. The van der Waals surface area contributed by atoms with Gasteiger partial charge >= 0.3 is 5.97 Å².